The summed E-state index contributed by atoms with van der Waals surface area (Å²) in [6.07, 6.45) is 1.52. The molecule has 0 unspecified atom stereocenters. The Morgan fingerprint density at radius 3 is 2.24 bits per heavy atom. The molecule has 3 aromatic rings. The number of amides is 3. The van der Waals surface area contributed by atoms with Gasteiger partial charge in [-0.1, -0.05) is 42.5 Å². The number of nitrogens with zero attached hydrogens (tertiary/aromatic N) is 2. The number of pyridine rings is 1. The number of benzene rings is 2. The number of rotatable bonds is 6. The van der Waals surface area contributed by atoms with Crippen molar-refractivity contribution in [3.05, 3.63) is 89.6 Å². The molecule has 0 radical (unpaired) electrons. The maximum atomic E-state index is 12.5. The number of aromatic nitrogens is 1. The fourth-order valence-corrected chi connectivity index (χ4v) is 3.03. The summed E-state index contributed by atoms with van der Waals surface area (Å²) < 4.78 is 5.76. The molecule has 1 aromatic heterocycles. The highest BCUT2D eigenvalue weighted by Gasteiger charge is 2.36. The average Bonchev–Trinajstić information content (AvgIpc) is 2.99. The third-order valence-electron chi connectivity index (χ3n) is 4.45. The van der Waals surface area contributed by atoms with E-state index in [0.717, 1.165) is 10.5 Å². The van der Waals surface area contributed by atoms with Gasteiger partial charge in [0.25, 0.3) is 11.8 Å². The Balaban J connectivity index is 1.43. The number of hydrogen-bond donors (Lipinski definition) is 1. The molecule has 144 valence electrons. The quantitative estimate of drug-likeness (QED) is 0.657. The molecule has 1 N–H and O–H groups in total. The molecular formula is C22H17N3O4. The van der Waals surface area contributed by atoms with E-state index in [-0.39, 0.29) is 5.82 Å². The average molecular weight is 387 g/mol. The molecule has 2 heterocycles. The second-order valence-corrected chi connectivity index (χ2v) is 6.41. The van der Waals surface area contributed by atoms with Crippen molar-refractivity contribution < 1.29 is 19.1 Å². The van der Waals surface area contributed by atoms with Crippen molar-refractivity contribution in [2.45, 2.75) is 6.61 Å². The summed E-state index contributed by atoms with van der Waals surface area (Å²) >= 11 is 0. The Kier molecular flexibility index (Phi) is 5.03. The predicted octanol–water partition coefficient (Wildman–Crippen LogP) is 2.90. The van der Waals surface area contributed by atoms with E-state index in [0.29, 0.717) is 23.5 Å². The summed E-state index contributed by atoms with van der Waals surface area (Å²) in [6, 6.07) is 19.5. The lowest BCUT2D eigenvalue weighted by Crippen LogP contribution is -2.37. The van der Waals surface area contributed by atoms with E-state index < -0.39 is 24.3 Å². The van der Waals surface area contributed by atoms with E-state index in [1.165, 1.54) is 6.20 Å². The van der Waals surface area contributed by atoms with Crippen LogP contribution in [-0.4, -0.2) is 34.2 Å². The van der Waals surface area contributed by atoms with E-state index in [9.17, 15) is 14.4 Å². The number of anilines is 1. The summed E-state index contributed by atoms with van der Waals surface area (Å²) in [5, 5.41) is 2.62. The lowest BCUT2D eigenvalue weighted by molar-refractivity contribution is -0.116. The van der Waals surface area contributed by atoms with Crippen LogP contribution in [0.3, 0.4) is 0 Å². The lowest BCUT2D eigenvalue weighted by Gasteiger charge is -2.15. The molecule has 29 heavy (non-hydrogen) atoms. The van der Waals surface area contributed by atoms with Crippen molar-refractivity contribution in [3.63, 3.8) is 0 Å². The summed E-state index contributed by atoms with van der Waals surface area (Å²) in [7, 11) is 0. The topological polar surface area (TPSA) is 88.6 Å². The molecular weight excluding hydrogens is 370 g/mol. The molecule has 0 spiro atoms. The number of hydrogen-bond acceptors (Lipinski definition) is 5. The first kappa shape index (κ1) is 18.4. The zero-order chi connectivity index (χ0) is 20.2. The van der Waals surface area contributed by atoms with Gasteiger partial charge in [-0.15, -0.1) is 0 Å². The van der Waals surface area contributed by atoms with E-state index in [4.69, 9.17) is 4.74 Å². The smallest absolute Gasteiger partial charge is 0.262 e. The number of nitrogens with one attached hydrogen (secondary N) is 1. The number of imide groups is 1. The maximum absolute atomic E-state index is 12.5. The van der Waals surface area contributed by atoms with Crippen LogP contribution in [0.4, 0.5) is 5.82 Å². The molecule has 0 bridgehead atoms. The molecule has 0 saturated carbocycles. The zero-order valence-electron chi connectivity index (χ0n) is 15.4. The zero-order valence-corrected chi connectivity index (χ0v) is 15.4. The van der Waals surface area contributed by atoms with E-state index in [1.54, 1.807) is 36.4 Å². The van der Waals surface area contributed by atoms with Crippen LogP contribution < -0.4 is 10.1 Å². The molecule has 0 fully saturated rings. The third-order valence-corrected chi connectivity index (χ3v) is 4.45. The highest BCUT2D eigenvalue weighted by molar-refractivity contribution is 6.22. The van der Waals surface area contributed by atoms with Crippen LogP contribution in [0.5, 0.6) is 5.75 Å². The van der Waals surface area contributed by atoms with Crippen LogP contribution >= 0.6 is 0 Å². The van der Waals surface area contributed by atoms with Gasteiger partial charge in [0.1, 0.15) is 13.2 Å². The van der Waals surface area contributed by atoms with Gasteiger partial charge in [-0.05, 0) is 29.8 Å². The largest absolute Gasteiger partial charge is 0.485 e. The van der Waals surface area contributed by atoms with Gasteiger partial charge in [-0.3, -0.25) is 19.3 Å². The molecule has 3 amide bonds. The van der Waals surface area contributed by atoms with E-state index in [2.05, 4.69) is 10.3 Å². The van der Waals surface area contributed by atoms with Gasteiger partial charge in [-0.2, -0.15) is 0 Å². The minimum absolute atomic E-state index is 0.227. The molecule has 1 aliphatic rings. The summed E-state index contributed by atoms with van der Waals surface area (Å²) in [5.41, 5.74) is 1.57. The predicted molar refractivity (Wildman–Crippen MR) is 105 cm³/mol. The van der Waals surface area contributed by atoms with Crippen molar-refractivity contribution in [1.82, 2.24) is 9.88 Å². The molecule has 0 atom stereocenters. The maximum Gasteiger partial charge on any atom is 0.262 e. The monoisotopic (exact) mass is 387 g/mol. The minimum Gasteiger partial charge on any atom is -0.485 e. The van der Waals surface area contributed by atoms with Crippen LogP contribution in [0.25, 0.3) is 0 Å². The van der Waals surface area contributed by atoms with Crippen LogP contribution in [0.15, 0.2) is 72.9 Å². The van der Waals surface area contributed by atoms with Gasteiger partial charge in [0, 0.05) is 6.20 Å². The van der Waals surface area contributed by atoms with Crippen molar-refractivity contribution in [2.24, 2.45) is 0 Å². The number of ether oxygens (including phenoxy) is 1. The van der Waals surface area contributed by atoms with E-state index >= 15 is 0 Å². The molecule has 2 aromatic carbocycles. The standard InChI is InChI=1S/C22H17N3O4/c26-19(13-25-21(27)16-9-4-5-10-17(16)22(25)28)24-20-18(11-6-12-23-20)29-14-15-7-2-1-3-8-15/h1-12H,13-14H2,(H,23,24,26). The van der Waals surface area contributed by atoms with Gasteiger partial charge in [0.15, 0.2) is 11.6 Å². The normalized spacial score (nSPS) is 12.6. The Labute approximate surface area is 166 Å². The molecule has 7 nitrogen and oxygen atoms in total. The first-order valence-electron chi connectivity index (χ1n) is 9.00. The highest BCUT2D eigenvalue weighted by Crippen LogP contribution is 2.24. The molecule has 7 heteroatoms. The summed E-state index contributed by atoms with van der Waals surface area (Å²) in [4.78, 5) is 42.4. The third kappa shape index (κ3) is 3.84. The number of carbonyl (C=O) groups excluding carboxylic acids is 3. The molecule has 0 aliphatic carbocycles. The molecule has 0 saturated heterocycles. The lowest BCUT2D eigenvalue weighted by atomic mass is 10.1. The fraction of sp³-hybridized carbons (Fsp3) is 0.0909. The number of fused-ring (bicyclic) bond motifs is 1. The first-order valence-corrected chi connectivity index (χ1v) is 9.00. The number of carbonyl (C=O) groups is 3. The fourth-order valence-electron chi connectivity index (χ4n) is 3.03. The second kappa shape index (κ2) is 7.93. The van der Waals surface area contributed by atoms with Crippen LogP contribution in [0.2, 0.25) is 0 Å². The minimum atomic E-state index is -0.539. The Hall–Kier alpha value is -4.00. The second-order valence-electron chi connectivity index (χ2n) is 6.41. The van der Waals surface area contributed by atoms with Gasteiger partial charge in [0.05, 0.1) is 11.1 Å². The summed E-state index contributed by atoms with van der Waals surface area (Å²) in [5.74, 6) is -0.885. The Morgan fingerprint density at radius 1 is 0.897 bits per heavy atom. The Morgan fingerprint density at radius 2 is 1.55 bits per heavy atom. The van der Waals surface area contributed by atoms with Crippen molar-refractivity contribution >= 4 is 23.5 Å². The van der Waals surface area contributed by atoms with Gasteiger partial charge in [0.2, 0.25) is 5.91 Å². The van der Waals surface area contributed by atoms with Gasteiger partial charge >= 0.3 is 0 Å². The van der Waals surface area contributed by atoms with Crippen molar-refractivity contribution in [2.75, 3.05) is 11.9 Å². The van der Waals surface area contributed by atoms with Crippen LogP contribution in [0, 0.1) is 0 Å². The van der Waals surface area contributed by atoms with Gasteiger partial charge < -0.3 is 10.1 Å². The van der Waals surface area contributed by atoms with Gasteiger partial charge in [-0.25, -0.2) is 4.98 Å². The van der Waals surface area contributed by atoms with Crippen LogP contribution in [0.1, 0.15) is 26.3 Å². The van der Waals surface area contributed by atoms with Crippen molar-refractivity contribution in [3.8, 4) is 5.75 Å². The SMILES string of the molecule is O=C(CN1C(=O)c2ccccc2C1=O)Nc1ncccc1OCc1ccccc1. The van der Waals surface area contributed by atoms with Crippen molar-refractivity contribution in [1.29, 1.82) is 0 Å². The first-order chi connectivity index (χ1) is 14.1. The van der Waals surface area contributed by atoms with Crippen LogP contribution in [-0.2, 0) is 11.4 Å². The molecule has 1 aliphatic heterocycles. The summed E-state index contributed by atoms with van der Waals surface area (Å²) in [6.45, 7) is -0.0884. The van der Waals surface area contributed by atoms with E-state index in [1.807, 2.05) is 30.3 Å². The highest BCUT2D eigenvalue weighted by atomic mass is 16.5. The molecule has 4 rings (SSSR count). The Bertz CT molecular complexity index is 1050.